The van der Waals surface area contributed by atoms with Gasteiger partial charge in [-0.15, -0.1) is 11.3 Å². The molecule has 3 unspecified atom stereocenters. The standard InChI is InChI=1S/C15H22Br2O6S2/c1-4-9(2)23-25(18,19)10(3)5-6-20-7-11-8-21-12-13(22-11)15(17)24-14(12)16/h9-11H,4-8H2,1-3H3. The van der Waals surface area contributed by atoms with Crippen LogP contribution in [0, 0.1) is 0 Å². The molecule has 0 radical (unpaired) electrons. The van der Waals surface area contributed by atoms with Gasteiger partial charge in [-0.3, -0.25) is 4.18 Å². The van der Waals surface area contributed by atoms with E-state index < -0.39 is 15.4 Å². The minimum Gasteiger partial charge on any atom is -0.484 e. The molecule has 0 amide bonds. The van der Waals surface area contributed by atoms with Gasteiger partial charge in [0.15, 0.2) is 17.6 Å². The molecule has 0 N–H and O–H groups in total. The van der Waals surface area contributed by atoms with E-state index in [1.54, 1.807) is 13.8 Å². The third-order valence-electron chi connectivity index (χ3n) is 3.78. The van der Waals surface area contributed by atoms with Crippen molar-refractivity contribution in [2.45, 2.75) is 51.1 Å². The van der Waals surface area contributed by atoms with Crippen LogP contribution in [0.25, 0.3) is 0 Å². The molecule has 0 fully saturated rings. The molecule has 2 rings (SSSR count). The summed E-state index contributed by atoms with van der Waals surface area (Å²) < 4.78 is 48.1. The second-order valence-corrected chi connectivity index (χ2v) is 11.5. The molecule has 1 aliphatic rings. The zero-order valence-electron chi connectivity index (χ0n) is 14.3. The van der Waals surface area contributed by atoms with Crippen molar-refractivity contribution in [1.29, 1.82) is 0 Å². The molecule has 6 nitrogen and oxygen atoms in total. The molecular weight excluding hydrogens is 500 g/mol. The van der Waals surface area contributed by atoms with Crippen molar-refractivity contribution in [2.24, 2.45) is 0 Å². The predicted octanol–water partition coefficient (Wildman–Crippen LogP) is 4.35. The molecule has 0 aromatic carbocycles. The third kappa shape index (κ3) is 5.80. The van der Waals surface area contributed by atoms with Gasteiger partial charge in [-0.25, -0.2) is 0 Å². The van der Waals surface area contributed by atoms with Crippen molar-refractivity contribution in [3.05, 3.63) is 7.57 Å². The number of thiophene rings is 1. The lowest BCUT2D eigenvalue weighted by atomic mass is 10.3. The lowest BCUT2D eigenvalue weighted by Gasteiger charge is -2.25. The Bertz CT molecular complexity index is 676. The number of fused-ring (bicyclic) bond motifs is 1. The highest BCUT2D eigenvalue weighted by atomic mass is 79.9. The quantitative estimate of drug-likeness (QED) is 0.355. The average Bonchev–Trinajstić information content (AvgIpc) is 2.85. The molecule has 0 saturated heterocycles. The van der Waals surface area contributed by atoms with E-state index in [0.29, 0.717) is 44.2 Å². The minimum atomic E-state index is -3.57. The van der Waals surface area contributed by atoms with E-state index >= 15 is 0 Å². The number of halogens is 2. The number of rotatable bonds is 9. The van der Waals surface area contributed by atoms with Crippen LogP contribution < -0.4 is 9.47 Å². The number of ether oxygens (including phenoxy) is 3. The highest BCUT2D eigenvalue weighted by Crippen LogP contribution is 2.50. The van der Waals surface area contributed by atoms with Crippen molar-refractivity contribution in [3.63, 3.8) is 0 Å². The summed E-state index contributed by atoms with van der Waals surface area (Å²) in [4.78, 5) is 0. The van der Waals surface area contributed by atoms with E-state index in [2.05, 4.69) is 31.9 Å². The topological polar surface area (TPSA) is 71.1 Å². The van der Waals surface area contributed by atoms with Crippen LogP contribution >= 0.6 is 43.2 Å². The Morgan fingerprint density at radius 2 is 1.96 bits per heavy atom. The molecular formula is C15H22Br2O6S2. The second kappa shape index (κ2) is 9.36. The van der Waals surface area contributed by atoms with Crippen LogP contribution in [0.15, 0.2) is 7.57 Å². The second-order valence-electron chi connectivity index (χ2n) is 5.84. The minimum absolute atomic E-state index is 0.228. The number of hydrogen-bond acceptors (Lipinski definition) is 7. The molecule has 144 valence electrons. The van der Waals surface area contributed by atoms with E-state index in [1.807, 2.05) is 6.92 Å². The van der Waals surface area contributed by atoms with Gasteiger partial charge < -0.3 is 14.2 Å². The van der Waals surface area contributed by atoms with Gasteiger partial charge in [0.05, 0.1) is 18.0 Å². The summed E-state index contributed by atoms with van der Waals surface area (Å²) in [6.07, 6.45) is 0.482. The van der Waals surface area contributed by atoms with Gasteiger partial charge >= 0.3 is 0 Å². The molecule has 25 heavy (non-hydrogen) atoms. The molecule has 0 saturated carbocycles. The maximum atomic E-state index is 12.0. The first-order valence-electron chi connectivity index (χ1n) is 8.01. The number of hydrogen-bond donors (Lipinski definition) is 0. The van der Waals surface area contributed by atoms with Crippen molar-refractivity contribution in [2.75, 3.05) is 19.8 Å². The smallest absolute Gasteiger partial charge is 0.270 e. The van der Waals surface area contributed by atoms with Gasteiger partial charge in [0, 0.05) is 6.61 Å². The summed E-state index contributed by atoms with van der Waals surface area (Å²) in [5.41, 5.74) is 0. The van der Waals surface area contributed by atoms with Crippen LogP contribution in [-0.2, 0) is 19.0 Å². The zero-order valence-corrected chi connectivity index (χ0v) is 19.1. The third-order valence-corrected chi connectivity index (χ3v) is 8.02. The van der Waals surface area contributed by atoms with Crippen molar-refractivity contribution in [3.8, 4) is 11.5 Å². The first kappa shape index (κ1) is 21.4. The molecule has 2 heterocycles. The largest absolute Gasteiger partial charge is 0.484 e. The first-order chi connectivity index (χ1) is 11.7. The van der Waals surface area contributed by atoms with Gasteiger partial charge in [0.25, 0.3) is 10.1 Å². The summed E-state index contributed by atoms with van der Waals surface area (Å²) in [7, 11) is -3.57. The van der Waals surface area contributed by atoms with E-state index in [0.717, 1.165) is 7.57 Å². The Morgan fingerprint density at radius 3 is 2.64 bits per heavy atom. The molecule has 0 bridgehead atoms. The van der Waals surface area contributed by atoms with Gasteiger partial charge in [0.1, 0.15) is 14.2 Å². The summed E-state index contributed by atoms with van der Waals surface area (Å²) in [6.45, 7) is 6.30. The van der Waals surface area contributed by atoms with Gasteiger partial charge in [-0.1, -0.05) is 6.92 Å². The molecule has 1 aliphatic heterocycles. The summed E-state index contributed by atoms with van der Waals surface area (Å²) in [5.74, 6) is 1.38. The SMILES string of the molecule is CCC(C)OS(=O)(=O)C(C)CCOCC1COc2c(Br)sc(Br)c2O1. The summed E-state index contributed by atoms with van der Waals surface area (Å²) in [5, 5.41) is -0.612. The predicted molar refractivity (Wildman–Crippen MR) is 104 cm³/mol. The van der Waals surface area contributed by atoms with E-state index in [1.165, 1.54) is 11.3 Å². The summed E-state index contributed by atoms with van der Waals surface area (Å²) in [6, 6.07) is 0. The highest BCUT2D eigenvalue weighted by Gasteiger charge is 2.28. The van der Waals surface area contributed by atoms with E-state index in [-0.39, 0.29) is 12.2 Å². The molecule has 0 spiro atoms. The van der Waals surface area contributed by atoms with E-state index in [4.69, 9.17) is 18.4 Å². The zero-order chi connectivity index (χ0) is 18.6. The van der Waals surface area contributed by atoms with Crippen LogP contribution in [0.4, 0.5) is 0 Å². The van der Waals surface area contributed by atoms with Gasteiger partial charge in [-0.2, -0.15) is 8.42 Å². The first-order valence-corrected chi connectivity index (χ1v) is 11.9. The Balaban J connectivity index is 1.74. The van der Waals surface area contributed by atoms with E-state index in [9.17, 15) is 8.42 Å². The van der Waals surface area contributed by atoms with Crippen molar-refractivity contribution >= 4 is 53.3 Å². The fourth-order valence-corrected chi connectivity index (χ4v) is 6.03. The summed E-state index contributed by atoms with van der Waals surface area (Å²) >= 11 is 8.36. The molecule has 0 aliphatic carbocycles. The van der Waals surface area contributed by atoms with Crippen molar-refractivity contribution < 1.29 is 26.8 Å². The van der Waals surface area contributed by atoms with Crippen LogP contribution in [0.1, 0.15) is 33.6 Å². The fraction of sp³-hybridized carbons (Fsp3) is 0.733. The van der Waals surface area contributed by atoms with Crippen LogP contribution in [0.2, 0.25) is 0 Å². The molecule has 1 aromatic rings. The van der Waals surface area contributed by atoms with Crippen molar-refractivity contribution in [1.82, 2.24) is 0 Å². The Labute approximate surface area is 169 Å². The maximum absolute atomic E-state index is 12.0. The van der Waals surface area contributed by atoms with Crippen LogP contribution in [0.3, 0.4) is 0 Å². The monoisotopic (exact) mass is 520 g/mol. The fourth-order valence-electron chi connectivity index (χ4n) is 2.03. The Kier molecular flexibility index (Phi) is 8.03. The van der Waals surface area contributed by atoms with Crippen LogP contribution in [0.5, 0.6) is 11.5 Å². The lowest BCUT2D eigenvalue weighted by Crippen LogP contribution is -2.33. The maximum Gasteiger partial charge on any atom is 0.270 e. The molecule has 1 aromatic heterocycles. The normalized spacial score (nSPS) is 19.6. The Hall–Kier alpha value is 0.130. The van der Waals surface area contributed by atoms with Crippen LogP contribution in [-0.4, -0.2) is 45.7 Å². The highest BCUT2D eigenvalue weighted by molar-refractivity contribution is 9.12. The van der Waals surface area contributed by atoms with Gasteiger partial charge in [0.2, 0.25) is 0 Å². The molecule has 3 atom stereocenters. The molecule has 10 heteroatoms. The lowest BCUT2D eigenvalue weighted by molar-refractivity contribution is 0.00801. The Morgan fingerprint density at radius 1 is 1.28 bits per heavy atom. The van der Waals surface area contributed by atoms with Gasteiger partial charge in [-0.05, 0) is 58.5 Å². The average molecular weight is 522 g/mol.